The molecule has 2 aliphatic carbocycles. The Kier molecular flexibility index (Phi) is 14.1. The summed E-state index contributed by atoms with van der Waals surface area (Å²) in [4.78, 5) is 83.5. The highest BCUT2D eigenvalue weighted by molar-refractivity contribution is 6.38. The Morgan fingerprint density at radius 3 is 2.24 bits per heavy atom. The zero-order valence-corrected chi connectivity index (χ0v) is 30.0. The van der Waals surface area contributed by atoms with E-state index in [0.29, 0.717) is 51.2 Å². The SMILES string of the molecule is C=CCNC(=O)C(=O)C(CCC1CCC1)NC(=O)[C@@H]1CCCN1C(=O)[C@@H](NC(=O)N[C@H](CN1CCCCC1=O)C(C)(C)C)C1CCCCC1. The number of likely N-dealkylation sites (tertiary alicyclic amines) is 2. The average molecular weight is 685 g/mol. The number of Topliss-reactive ketones (excluding diaryl/α,β-unsaturated/α-hetero) is 1. The Balaban J connectivity index is 1.46. The van der Waals surface area contributed by atoms with Crippen molar-refractivity contribution in [1.29, 1.82) is 0 Å². The lowest BCUT2D eigenvalue weighted by Crippen LogP contribution is -2.61. The van der Waals surface area contributed by atoms with E-state index >= 15 is 0 Å². The van der Waals surface area contributed by atoms with Gasteiger partial charge in [0.1, 0.15) is 12.1 Å². The fourth-order valence-corrected chi connectivity index (χ4v) is 7.61. The first-order valence-corrected chi connectivity index (χ1v) is 18.8. The van der Waals surface area contributed by atoms with E-state index < -0.39 is 41.8 Å². The van der Waals surface area contributed by atoms with Gasteiger partial charge in [0.2, 0.25) is 23.5 Å². The molecule has 2 saturated heterocycles. The summed E-state index contributed by atoms with van der Waals surface area (Å²) in [7, 11) is 0. The Labute approximate surface area is 292 Å². The number of nitrogens with zero attached hydrogens (tertiary/aromatic N) is 2. The Bertz CT molecular complexity index is 1210. The van der Waals surface area contributed by atoms with Gasteiger partial charge in [-0.3, -0.25) is 24.0 Å². The Morgan fingerprint density at radius 1 is 0.878 bits per heavy atom. The van der Waals surface area contributed by atoms with Crippen molar-refractivity contribution in [2.45, 2.75) is 141 Å². The first kappa shape index (κ1) is 38.4. The molecule has 4 rings (SSSR count). The van der Waals surface area contributed by atoms with Gasteiger partial charge >= 0.3 is 6.03 Å². The van der Waals surface area contributed by atoms with Crippen molar-refractivity contribution in [3.05, 3.63) is 12.7 Å². The van der Waals surface area contributed by atoms with Gasteiger partial charge in [-0.2, -0.15) is 0 Å². The number of hydrogen-bond donors (Lipinski definition) is 4. The minimum absolute atomic E-state index is 0.0709. The smallest absolute Gasteiger partial charge is 0.315 e. The highest BCUT2D eigenvalue weighted by Gasteiger charge is 2.42. The van der Waals surface area contributed by atoms with E-state index in [2.05, 4.69) is 27.8 Å². The Morgan fingerprint density at radius 2 is 1.61 bits per heavy atom. The molecule has 274 valence electrons. The fourth-order valence-electron chi connectivity index (χ4n) is 7.61. The van der Waals surface area contributed by atoms with Crippen LogP contribution in [0.25, 0.3) is 0 Å². The summed E-state index contributed by atoms with van der Waals surface area (Å²) in [5.41, 5.74) is -0.341. The number of amides is 6. The van der Waals surface area contributed by atoms with Crippen LogP contribution in [0.4, 0.5) is 4.79 Å². The summed E-state index contributed by atoms with van der Waals surface area (Å²) in [6.07, 6.45) is 13.9. The number of rotatable bonds is 15. The molecule has 0 aromatic carbocycles. The van der Waals surface area contributed by atoms with Gasteiger partial charge in [0.15, 0.2) is 0 Å². The van der Waals surface area contributed by atoms with Crippen LogP contribution in [-0.2, 0) is 24.0 Å². The van der Waals surface area contributed by atoms with Crippen molar-refractivity contribution in [3.8, 4) is 0 Å². The van der Waals surface area contributed by atoms with E-state index in [1.165, 1.54) is 6.08 Å². The number of carbonyl (C=O) groups excluding carboxylic acids is 6. The summed E-state index contributed by atoms with van der Waals surface area (Å²) >= 11 is 0. The molecule has 12 heteroatoms. The number of urea groups is 1. The number of ketones is 1. The monoisotopic (exact) mass is 684 g/mol. The second-order valence-electron chi connectivity index (χ2n) is 15.7. The molecule has 2 aliphatic heterocycles. The van der Waals surface area contributed by atoms with Crippen molar-refractivity contribution < 1.29 is 28.8 Å². The van der Waals surface area contributed by atoms with Crippen LogP contribution in [0.1, 0.15) is 117 Å². The zero-order chi connectivity index (χ0) is 35.6. The van der Waals surface area contributed by atoms with Crippen molar-refractivity contribution in [3.63, 3.8) is 0 Å². The maximum absolute atomic E-state index is 14.4. The average Bonchev–Trinajstić information content (AvgIpc) is 3.55. The number of carbonyl (C=O) groups is 6. The predicted molar refractivity (Wildman–Crippen MR) is 187 cm³/mol. The zero-order valence-electron chi connectivity index (χ0n) is 30.0. The van der Waals surface area contributed by atoms with Crippen molar-refractivity contribution in [2.75, 3.05) is 26.2 Å². The normalized spacial score (nSPS) is 22.3. The first-order chi connectivity index (χ1) is 23.4. The van der Waals surface area contributed by atoms with Crippen LogP contribution in [-0.4, -0.2) is 95.6 Å². The lowest BCUT2D eigenvalue weighted by atomic mass is 9.81. The Hall–Kier alpha value is -3.44. The second kappa shape index (κ2) is 18.0. The summed E-state index contributed by atoms with van der Waals surface area (Å²) in [5.74, 6) is -1.68. The third-order valence-corrected chi connectivity index (χ3v) is 11.0. The van der Waals surface area contributed by atoms with Gasteiger partial charge < -0.3 is 31.1 Å². The molecular weight excluding hydrogens is 624 g/mol. The van der Waals surface area contributed by atoms with Crippen LogP contribution in [0.3, 0.4) is 0 Å². The first-order valence-electron chi connectivity index (χ1n) is 18.8. The molecule has 4 N–H and O–H groups in total. The molecule has 1 unspecified atom stereocenters. The van der Waals surface area contributed by atoms with Gasteiger partial charge in [-0.25, -0.2) is 4.79 Å². The molecule has 49 heavy (non-hydrogen) atoms. The minimum Gasteiger partial charge on any atom is -0.346 e. The highest BCUT2D eigenvalue weighted by atomic mass is 16.2. The number of hydrogen-bond acceptors (Lipinski definition) is 6. The van der Waals surface area contributed by atoms with Gasteiger partial charge in [0.25, 0.3) is 5.91 Å². The predicted octanol–water partition coefficient (Wildman–Crippen LogP) is 3.59. The molecule has 0 aromatic rings. The summed E-state index contributed by atoms with van der Waals surface area (Å²) in [5, 5.41) is 11.5. The minimum atomic E-state index is -0.977. The lowest BCUT2D eigenvalue weighted by molar-refractivity contribution is -0.143. The van der Waals surface area contributed by atoms with E-state index in [9.17, 15) is 28.8 Å². The lowest BCUT2D eigenvalue weighted by Gasteiger charge is -2.38. The largest absolute Gasteiger partial charge is 0.346 e. The van der Waals surface area contributed by atoms with Gasteiger partial charge in [0.05, 0.1) is 12.1 Å². The van der Waals surface area contributed by atoms with Crippen molar-refractivity contribution in [2.24, 2.45) is 17.3 Å². The summed E-state index contributed by atoms with van der Waals surface area (Å²) in [6, 6.07) is -3.38. The van der Waals surface area contributed by atoms with E-state index in [1.54, 1.807) is 4.90 Å². The van der Waals surface area contributed by atoms with E-state index in [4.69, 9.17) is 0 Å². The molecule has 0 bridgehead atoms. The van der Waals surface area contributed by atoms with E-state index in [1.807, 2.05) is 25.7 Å². The van der Waals surface area contributed by atoms with Crippen LogP contribution in [0, 0.1) is 17.3 Å². The van der Waals surface area contributed by atoms with Gasteiger partial charge in [-0.15, -0.1) is 6.58 Å². The molecule has 0 spiro atoms. The maximum atomic E-state index is 14.4. The van der Waals surface area contributed by atoms with Gasteiger partial charge in [0, 0.05) is 32.6 Å². The standard InChI is InChI=1S/C37H60N6O6/c1-5-21-38-34(47)32(45)27(20-19-25-13-11-14-25)39-33(46)28-17-12-23-43(28)35(48)31(26-15-7-6-8-16-26)41-36(49)40-29(37(2,3)4)24-42-22-10-9-18-30(42)44/h5,25-29,31H,1,6-24H2,2-4H3,(H,38,47)(H,39,46)(H2,40,41,49)/t27?,28-,29+,31-/m0/s1. The molecule has 4 aliphatic rings. The fraction of sp³-hybridized carbons (Fsp3) is 0.784. The molecule has 0 radical (unpaired) electrons. The molecule has 4 fully saturated rings. The highest BCUT2D eigenvalue weighted by Crippen LogP contribution is 2.32. The van der Waals surface area contributed by atoms with Crippen LogP contribution >= 0.6 is 0 Å². The van der Waals surface area contributed by atoms with Crippen molar-refractivity contribution in [1.82, 2.24) is 31.1 Å². The molecule has 4 atom stereocenters. The quantitative estimate of drug-likeness (QED) is 0.153. The number of nitrogens with one attached hydrogen (secondary N) is 4. The molecule has 2 heterocycles. The summed E-state index contributed by atoms with van der Waals surface area (Å²) < 4.78 is 0. The second-order valence-corrected chi connectivity index (χ2v) is 15.7. The third-order valence-electron chi connectivity index (χ3n) is 11.0. The molecular formula is C37H60N6O6. The third kappa shape index (κ3) is 10.8. The topological polar surface area (TPSA) is 157 Å². The molecule has 12 nitrogen and oxygen atoms in total. The van der Waals surface area contributed by atoms with Crippen LogP contribution in [0.2, 0.25) is 0 Å². The van der Waals surface area contributed by atoms with Crippen molar-refractivity contribution >= 4 is 35.4 Å². The van der Waals surface area contributed by atoms with Gasteiger partial charge in [-0.1, -0.05) is 65.4 Å². The van der Waals surface area contributed by atoms with Crippen LogP contribution < -0.4 is 21.3 Å². The van der Waals surface area contributed by atoms with E-state index in [0.717, 1.165) is 70.6 Å². The maximum Gasteiger partial charge on any atom is 0.315 e. The number of piperidine rings is 1. The van der Waals surface area contributed by atoms with E-state index in [-0.39, 0.29) is 35.7 Å². The molecule has 2 saturated carbocycles. The molecule has 6 amide bonds. The summed E-state index contributed by atoms with van der Waals surface area (Å²) in [6.45, 7) is 11.2. The van der Waals surface area contributed by atoms with Crippen LogP contribution in [0.5, 0.6) is 0 Å². The van der Waals surface area contributed by atoms with Gasteiger partial charge in [-0.05, 0) is 68.6 Å². The van der Waals surface area contributed by atoms with Crippen LogP contribution in [0.15, 0.2) is 12.7 Å². The molecule has 0 aromatic heterocycles.